The van der Waals surface area contributed by atoms with Crippen molar-refractivity contribution in [3.63, 3.8) is 0 Å². The average molecular weight is 234 g/mol. The van der Waals surface area contributed by atoms with E-state index < -0.39 is 0 Å². The molecule has 2 rings (SSSR count). The highest BCUT2D eigenvalue weighted by Gasteiger charge is 2.25. The lowest BCUT2D eigenvalue weighted by atomic mass is 9.80. The fourth-order valence-corrected chi connectivity index (χ4v) is 2.04. The molecule has 1 atom stereocenters. The molecule has 1 aromatic carbocycles. The van der Waals surface area contributed by atoms with Crippen molar-refractivity contribution in [3.8, 4) is 5.75 Å². The van der Waals surface area contributed by atoms with Crippen molar-refractivity contribution in [1.29, 1.82) is 0 Å². The number of benzene rings is 1. The smallest absolute Gasteiger partial charge is 0.122 e. The quantitative estimate of drug-likeness (QED) is 0.728. The highest BCUT2D eigenvalue weighted by Crippen LogP contribution is 2.33. The zero-order chi connectivity index (χ0) is 12.5. The zero-order valence-electron chi connectivity index (χ0n) is 11.2. The first-order valence-electron chi connectivity index (χ1n) is 6.39. The lowest BCUT2D eigenvalue weighted by Gasteiger charge is -2.26. The van der Waals surface area contributed by atoms with Gasteiger partial charge >= 0.3 is 0 Å². The molecule has 1 unspecified atom stereocenters. The molecule has 2 nitrogen and oxygen atoms in total. The van der Waals surface area contributed by atoms with Gasteiger partial charge in [-0.3, -0.25) is 0 Å². The third-order valence-corrected chi connectivity index (χ3v) is 3.72. The second kappa shape index (κ2) is 4.69. The number of hydrogen-bond acceptors (Lipinski definition) is 2. The molecule has 1 saturated heterocycles. The maximum absolute atomic E-state index is 5.82. The normalized spacial score (nSPS) is 19.2. The van der Waals surface area contributed by atoms with Crippen LogP contribution < -0.4 is 4.74 Å². The molecular weight excluding hydrogens is 212 g/mol. The van der Waals surface area contributed by atoms with Crippen molar-refractivity contribution in [2.24, 2.45) is 0 Å². The first-order chi connectivity index (χ1) is 8.04. The summed E-state index contributed by atoms with van der Waals surface area (Å²) in [4.78, 5) is 0. The van der Waals surface area contributed by atoms with E-state index in [2.05, 4.69) is 39.8 Å². The Balaban J connectivity index is 2.19. The Morgan fingerprint density at radius 3 is 2.71 bits per heavy atom. The summed E-state index contributed by atoms with van der Waals surface area (Å²) in [5.41, 5.74) is 2.86. The van der Waals surface area contributed by atoms with Gasteiger partial charge in [0.1, 0.15) is 18.5 Å². The largest absolute Gasteiger partial charge is 0.491 e. The minimum Gasteiger partial charge on any atom is -0.491 e. The predicted octanol–water partition coefficient (Wildman–Crippen LogP) is 3.46. The van der Waals surface area contributed by atoms with Crippen LogP contribution in [-0.2, 0) is 10.2 Å². The van der Waals surface area contributed by atoms with Crippen LogP contribution in [0.15, 0.2) is 18.2 Å². The molecule has 0 aromatic heterocycles. The average Bonchev–Trinajstić information content (AvgIpc) is 3.11. The molecule has 1 aliphatic heterocycles. The minimum absolute atomic E-state index is 0.208. The number of ether oxygens (including phenoxy) is 2. The molecule has 0 saturated carbocycles. The van der Waals surface area contributed by atoms with E-state index in [0.717, 1.165) is 18.8 Å². The lowest BCUT2D eigenvalue weighted by Crippen LogP contribution is -2.17. The van der Waals surface area contributed by atoms with Crippen molar-refractivity contribution in [1.82, 2.24) is 0 Å². The molecule has 2 heteroatoms. The molecule has 0 radical (unpaired) electrons. The maximum Gasteiger partial charge on any atom is 0.122 e. The molecule has 1 heterocycles. The number of hydrogen-bond donors (Lipinski definition) is 0. The van der Waals surface area contributed by atoms with Gasteiger partial charge in [-0.15, -0.1) is 0 Å². The van der Waals surface area contributed by atoms with E-state index in [1.807, 2.05) is 6.07 Å². The van der Waals surface area contributed by atoms with Crippen LogP contribution in [0.2, 0.25) is 0 Å². The van der Waals surface area contributed by atoms with E-state index in [-0.39, 0.29) is 5.41 Å². The zero-order valence-corrected chi connectivity index (χ0v) is 11.2. The lowest BCUT2D eigenvalue weighted by molar-refractivity contribution is 0.261. The molecule has 0 N–H and O–H groups in total. The van der Waals surface area contributed by atoms with Crippen molar-refractivity contribution in [2.75, 3.05) is 13.2 Å². The molecule has 94 valence electrons. The first kappa shape index (κ1) is 12.4. The van der Waals surface area contributed by atoms with E-state index >= 15 is 0 Å². The van der Waals surface area contributed by atoms with E-state index in [9.17, 15) is 0 Å². The summed E-state index contributed by atoms with van der Waals surface area (Å²) in [6.45, 7) is 10.5. The molecule has 0 bridgehead atoms. The van der Waals surface area contributed by atoms with Gasteiger partial charge in [0.15, 0.2) is 0 Å². The predicted molar refractivity (Wildman–Crippen MR) is 69.7 cm³/mol. The van der Waals surface area contributed by atoms with Crippen molar-refractivity contribution in [3.05, 3.63) is 29.3 Å². The molecule has 1 fully saturated rings. The molecule has 17 heavy (non-hydrogen) atoms. The van der Waals surface area contributed by atoms with Gasteiger partial charge in [-0.25, -0.2) is 0 Å². The summed E-state index contributed by atoms with van der Waals surface area (Å²) < 4.78 is 11.0. The van der Waals surface area contributed by atoms with Crippen LogP contribution in [0.5, 0.6) is 5.75 Å². The van der Waals surface area contributed by atoms with Crippen molar-refractivity contribution >= 4 is 0 Å². The Labute approximate surface area is 104 Å². The number of epoxide rings is 1. The molecule has 0 spiro atoms. The SMILES string of the molecule is CCC(C)(C)c1cccc(OCC2CO2)c1C. The van der Waals surface area contributed by atoms with E-state index in [0.29, 0.717) is 12.7 Å². The topological polar surface area (TPSA) is 21.8 Å². The van der Waals surface area contributed by atoms with Crippen LogP contribution in [0.4, 0.5) is 0 Å². The summed E-state index contributed by atoms with van der Waals surface area (Å²) in [5.74, 6) is 1.000. The molecule has 1 aromatic rings. The van der Waals surface area contributed by atoms with Crippen molar-refractivity contribution in [2.45, 2.75) is 45.6 Å². The Morgan fingerprint density at radius 2 is 2.12 bits per heavy atom. The van der Waals surface area contributed by atoms with E-state index in [1.165, 1.54) is 11.1 Å². The summed E-state index contributed by atoms with van der Waals surface area (Å²) in [7, 11) is 0. The fourth-order valence-electron chi connectivity index (χ4n) is 2.04. The van der Waals surface area contributed by atoms with Gasteiger partial charge in [0.2, 0.25) is 0 Å². The second-order valence-corrected chi connectivity index (χ2v) is 5.43. The molecule has 0 amide bonds. The second-order valence-electron chi connectivity index (χ2n) is 5.43. The number of rotatable bonds is 5. The van der Waals surface area contributed by atoms with Crippen LogP contribution in [-0.4, -0.2) is 19.3 Å². The molecule has 0 aliphatic carbocycles. The van der Waals surface area contributed by atoms with Crippen LogP contribution in [0.1, 0.15) is 38.3 Å². The maximum atomic E-state index is 5.82. The van der Waals surface area contributed by atoms with Gasteiger partial charge in [-0.05, 0) is 36.0 Å². The monoisotopic (exact) mass is 234 g/mol. The minimum atomic E-state index is 0.208. The highest BCUT2D eigenvalue weighted by atomic mass is 16.6. The fraction of sp³-hybridized carbons (Fsp3) is 0.600. The van der Waals surface area contributed by atoms with Crippen LogP contribution >= 0.6 is 0 Å². The van der Waals surface area contributed by atoms with Gasteiger partial charge in [0, 0.05) is 0 Å². The van der Waals surface area contributed by atoms with Gasteiger partial charge in [0.05, 0.1) is 6.61 Å². The van der Waals surface area contributed by atoms with Crippen molar-refractivity contribution < 1.29 is 9.47 Å². The third kappa shape index (κ3) is 2.81. The standard InChI is InChI=1S/C15H22O2/c1-5-15(3,4)13-7-6-8-14(11(13)2)17-10-12-9-16-12/h6-8,12H,5,9-10H2,1-4H3. The van der Waals surface area contributed by atoms with Gasteiger partial charge in [0.25, 0.3) is 0 Å². The van der Waals surface area contributed by atoms with E-state index in [4.69, 9.17) is 9.47 Å². The summed E-state index contributed by atoms with van der Waals surface area (Å²) in [6.07, 6.45) is 1.44. The Hall–Kier alpha value is -1.02. The highest BCUT2D eigenvalue weighted by molar-refractivity contribution is 5.42. The first-order valence-corrected chi connectivity index (χ1v) is 6.39. The van der Waals surface area contributed by atoms with Crippen LogP contribution in [0, 0.1) is 6.92 Å². The molecular formula is C15H22O2. The summed E-state index contributed by atoms with van der Waals surface area (Å²) in [6, 6.07) is 6.34. The van der Waals surface area contributed by atoms with E-state index in [1.54, 1.807) is 0 Å². The van der Waals surface area contributed by atoms with Gasteiger partial charge in [-0.1, -0.05) is 32.9 Å². The van der Waals surface area contributed by atoms with Gasteiger partial charge < -0.3 is 9.47 Å². The Morgan fingerprint density at radius 1 is 1.41 bits per heavy atom. The summed E-state index contributed by atoms with van der Waals surface area (Å²) in [5, 5.41) is 0. The third-order valence-electron chi connectivity index (χ3n) is 3.72. The Kier molecular flexibility index (Phi) is 3.43. The van der Waals surface area contributed by atoms with Crippen LogP contribution in [0.3, 0.4) is 0 Å². The summed E-state index contributed by atoms with van der Waals surface area (Å²) >= 11 is 0. The molecule has 1 aliphatic rings. The van der Waals surface area contributed by atoms with Gasteiger partial charge in [-0.2, -0.15) is 0 Å². The Bertz CT molecular complexity index is 392. The van der Waals surface area contributed by atoms with Crippen LogP contribution in [0.25, 0.3) is 0 Å².